The number of nitrogens with one attached hydrogen (secondary N) is 2. The second-order valence-electron chi connectivity index (χ2n) is 5.28. The molecule has 0 fully saturated rings. The average molecular weight is 331 g/mol. The van der Waals surface area contributed by atoms with Gasteiger partial charge in [0.25, 0.3) is 5.91 Å². The largest absolute Gasteiger partial charge is 0.454 e. The van der Waals surface area contributed by atoms with Crippen LogP contribution in [0.25, 0.3) is 0 Å². The molecule has 1 aromatic rings. The predicted octanol–water partition coefficient (Wildman–Crippen LogP) is 1.19. The molecule has 0 atom stereocenters. The summed E-state index contributed by atoms with van der Waals surface area (Å²) in [6.45, 7) is 1.34. The summed E-state index contributed by atoms with van der Waals surface area (Å²) in [6, 6.07) is 7.31. The normalized spacial score (nSPS) is 12.6. The second-order valence-corrected chi connectivity index (χ2v) is 5.28. The molecule has 1 aliphatic rings. The number of carbonyl (C=O) groups excluding carboxylic acids is 1. The van der Waals surface area contributed by atoms with Gasteiger partial charge in [-0.3, -0.25) is 4.79 Å². The van der Waals surface area contributed by atoms with E-state index in [1.54, 1.807) is 12.1 Å². The van der Waals surface area contributed by atoms with Crippen LogP contribution < -0.4 is 20.1 Å². The zero-order valence-electron chi connectivity index (χ0n) is 13.4. The molecule has 1 aromatic carbocycles. The van der Waals surface area contributed by atoms with Crippen LogP contribution in [0, 0.1) is 11.3 Å². The first-order chi connectivity index (χ1) is 11.7. The highest BCUT2D eigenvalue weighted by molar-refractivity contribution is 5.97. The Morgan fingerprint density at radius 1 is 1.29 bits per heavy atom. The van der Waals surface area contributed by atoms with Gasteiger partial charge in [0.15, 0.2) is 11.5 Å². The van der Waals surface area contributed by atoms with E-state index in [-0.39, 0.29) is 19.0 Å². The Morgan fingerprint density at radius 2 is 2.12 bits per heavy atom. The maximum Gasteiger partial charge on any atom is 0.263 e. The zero-order chi connectivity index (χ0) is 17.2. The third-order valence-electron chi connectivity index (χ3n) is 3.48. The summed E-state index contributed by atoms with van der Waals surface area (Å²) in [4.78, 5) is 12.0. The molecule has 7 nitrogen and oxygen atoms in total. The Kier molecular flexibility index (Phi) is 6.92. The van der Waals surface area contributed by atoms with E-state index in [0.29, 0.717) is 24.6 Å². The number of rotatable bonds is 9. The van der Waals surface area contributed by atoms with Crippen molar-refractivity contribution in [2.24, 2.45) is 0 Å². The summed E-state index contributed by atoms with van der Waals surface area (Å²) in [7, 11) is 0. The van der Waals surface area contributed by atoms with Gasteiger partial charge in [-0.1, -0.05) is 6.07 Å². The standard InChI is InChI=1S/C17H21N3O4/c18-9-14(11-19-6-2-1-3-7-21)17(22)20-10-13-4-5-15-16(8-13)24-12-23-15/h4-5,8,11,19,21H,1-3,6-7,10,12H2,(H,20,22)/b14-11-. The van der Waals surface area contributed by atoms with Crippen LogP contribution in [0.1, 0.15) is 24.8 Å². The van der Waals surface area contributed by atoms with Crippen molar-refractivity contribution in [3.05, 3.63) is 35.5 Å². The van der Waals surface area contributed by atoms with Crippen molar-refractivity contribution in [2.45, 2.75) is 25.8 Å². The molecular weight excluding hydrogens is 310 g/mol. The van der Waals surface area contributed by atoms with Crippen molar-refractivity contribution in [1.82, 2.24) is 10.6 Å². The lowest BCUT2D eigenvalue weighted by Gasteiger charge is -2.06. The monoisotopic (exact) mass is 331 g/mol. The lowest BCUT2D eigenvalue weighted by molar-refractivity contribution is -0.117. The van der Waals surface area contributed by atoms with Crippen molar-refractivity contribution in [2.75, 3.05) is 19.9 Å². The number of aliphatic hydroxyl groups is 1. The molecular formula is C17H21N3O4. The van der Waals surface area contributed by atoms with Gasteiger partial charge in [-0.25, -0.2) is 0 Å². The highest BCUT2D eigenvalue weighted by atomic mass is 16.7. The van der Waals surface area contributed by atoms with Gasteiger partial charge in [-0.2, -0.15) is 5.26 Å². The number of ether oxygens (including phenoxy) is 2. The molecule has 0 aliphatic carbocycles. The molecule has 0 saturated heterocycles. The highest BCUT2D eigenvalue weighted by Gasteiger charge is 2.14. The lowest BCUT2D eigenvalue weighted by Crippen LogP contribution is -2.25. The summed E-state index contributed by atoms with van der Waals surface area (Å²) >= 11 is 0. The van der Waals surface area contributed by atoms with E-state index in [4.69, 9.17) is 19.8 Å². The van der Waals surface area contributed by atoms with Gasteiger partial charge >= 0.3 is 0 Å². The van der Waals surface area contributed by atoms with E-state index >= 15 is 0 Å². The fraction of sp³-hybridized carbons (Fsp3) is 0.412. The number of hydrogen-bond donors (Lipinski definition) is 3. The molecule has 0 saturated carbocycles. The minimum absolute atomic E-state index is 0.0258. The minimum Gasteiger partial charge on any atom is -0.454 e. The first-order valence-electron chi connectivity index (χ1n) is 7.86. The number of hydrogen-bond acceptors (Lipinski definition) is 6. The molecule has 1 amide bonds. The van der Waals surface area contributed by atoms with Gasteiger partial charge in [0.1, 0.15) is 11.6 Å². The molecule has 1 heterocycles. The molecule has 3 N–H and O–H groups in total. The Hall–Kier alpha value is -2.72. The van der Waals surface area contributed by atoms with E-state index in [1.807, 2.05) is 12.1 Å². The fourth-order valence-electron chi connectivity index (χ4n) is 2.17. The number of nitriles is 1. The molecule has 24 heavy (non-hydrogen) atoms. The average Bonchev–Trinajstić information content (AvgIpc) is 3.07. The van der Waals surface area contributed by atoms with E-state index in [2.05, 4.69) is 10.6 Å². The van der Waals surface area contributed by atoms with Crippen LogP contribution in [0.15, 0.2) is 30.0 Å². The van der Waals surface area contributed by atoms with E-state index in [1.165, 1.54) is 6.20 Å². The number of carbonyl (C=O) groups is 1. The molecule has 2 rings (SSSR count). The fourth-order valence-corrected chi connectivity index (χ4v) is 2.17. The van der Waals surface area contributed by atoms with Crippen LogP contribution in [0.3, 0.4) is 0 Å². The lowest BCUT2D eigenvalue weighted by atomic mass is 10.2. The first kappa shape index (κ1) is 17.6. The topological polar surface area (TPSA) is 104 Å². The molecule has 0 spiro atoms. The first-order valence-corrected chi connectivity index (χ1v) is 7.86. The van der Waals surface area contributed by atoms with Crippen molar-refractivity contribution >= 4 is 5.91 Å². The Bertz CT molecular complexity index is 637. The quantitative estimate of drug-likeness (QED) is 0.357. The SMILES string of the molecule is N#C/C(=C/NCCCCCO)C(=O)NCc1ccc2c(c1)OCO2. The second kappa shape index (κ2) is 9.43. The van der Waals surface area contributed by atoms with Crippen molar-refractivity contribution in [3.63, 3.8) is 0 Å². The smallest absolute Gasteiger partial charge is 0.263 e. The maximum atomic E-state index is 12.0. The van der Waals surface area contributed by atoms with E-state index < -0.39 is 5.91 Å². The number of unbranched alkanes of at least 4 members (excludes halogenated alkanes) is 2. The van der Waals surface area contributed by atoms with Gasteiger partial charge < -0.3 is 25.2 Å². The summed E-state index contributed by atoms with van der Waals surface area (Å²) in [6.07, 6.45) is 3.95. The molecule has 0 unspecified atom stereocenters. The molecule has 7 heteroatoms. The highest BCUT2D eigenvalue weighted by Crippen LogP contribution is 2.32. The number of benzene rings is 1. The molecule has 0 radical (unpaired) electrons. The Balaban J connectivity index is 1.78. The Labute approximate surface area is 140 Å². The summed E-state index contributed by atoms with van der Waals surface area (Å²) in [5, 5.41) is 23.4. The van der Waals surface area contributed by atoms with Crippen LogP contribution in [0.5, 0.6) is 11.5 Å². The Morgan fingerprint density at radius 3 is 2.92 bits per heavy atom. The maximum absolute atomic E-state index is 12.0. The van der Waals surface area contributed by atoms with Crippen molar-refractivity contribution < 1.29 is 19.4 Å². The van der Waals surface area contributed by atoms with E-state index in [0.717, 1.165) is 24.8 Å². The number of fused-ring (bicyclic) bond motifs is 1. The summed E-state index contributed by atoms with van der Waals surface area (Å²) in [5.41, 5.74) is 0.889. The van der Waals surface area contributed by atoms with Gasteiger partial charge in [0, 0.05) is 25.9 Å². The van der Waals surface area contributed by atoms with Crippen LogP contribution >= 0.6 is 0 Å². The molecule has 1 aliphatic heterocycles. The van der Waals surface area contributed by atoms with Crippen molar-refractivity contribution in [1.29, 1.82) is 5.26 Å². The predicted molar refractivity (Wildman–Crippen MR) is 87.0 cm³/mol. The third kappa shape index (κ3) is 5.18. The van der Waals surface area contributed by atoms with Gasteiger partial charge in [0.2, 0.25) is 6.79 Å². The van der Waals surface area contributed by atoms with Crippen LogP contribution in [0.4, 0.5) is 0 Å². The zero-order valence-corrected chi connectivity index (χ0v) is 13.4. The minimum atomic E-state index is -0.432. The molecule has 128 valence electrons. The summed E-state index contributed by atoms with van der Waals surface area (Å²) < 4.78 is 10.5. The van der Waals surface area contributed by atoms with Crippen LogP contribution in [-0.2, 0) is 11.3 Å². The molecule has 0 bridgehead atoms. The van der Waals surface area contributed by atoms with Crippen LogP contribution in [0.2, 0.25) is 0 Å². The van der Waals surface area contributed by atoms with E-state index in [9.17, 15) is 4.79 Å². The summed E-state index contributed by atoms with van der Waals surface area (Å²) in [5.74, 6) is 0.911. The van der Waals surface area contributed by atoms with Crippen LogP contribution in [-0.4, -0.2) is 31.0 Å². The number of amides is 1. The number of aliphatic hydroxyl groups excluding tert-OH is 1. The van der Waals surface area contributed by atoms with Crippen molar-refractivity contribution in [3.8, 4) is 17.6 Å². The van der Waals surface area contributed by atoms with Gasteiger partial charge in [-0.15, -0.1) is 0 Å². The number of nitrogens with zero attached hydrogens (tertiary/aromatic N) is 1. The van der Waals surface area contributed by atoms with Gasteiger partial charge in [-0.05, 0) is 37.0 Å². The third-order valence-corrected chi connectivity index (χ3v) is 3.48. The molecule has 0 aromatic heterocycles. The van der Waals surface area contributed by atoms with Gasteiger partial charge in [0.05, 0.1) is 0 Å².